The number of fused-ring (bicyclic) bond motifs is 1. The summed E-state index contributed by atoms with van der Waals surface area (Å²) in [5.41, 5.74) is 3.20. The highest BCUT2D eigenvalue weighted by Gasteiger charge is 2.40. The SMILES string of the molecule is OCCCN1C(=S)N[C@H](c2ccccn2)[C@@H]1c1cccn1-c1ccc2ccccc2c1. The van der Waals surface area contributed by atoms with Crippen LogP contribution in [0, 0.1) is 0 Å². The highest BCUT2D eigenvalue weighted by atomic mass is 32.1. The van der Waals surface area contributed by atoms with Crippen molar-refractivity contribution >= 4 is 28.1 Å². The second kappa shape index (κ2) is 8.49. The first-order valence-electron chi connectivity index (χ1n) is 10.5. The van der Waals surface area contributed by atoms with Crippen molar-refractivity contribution < 1.29 is 5.11 Å². The van der Waals surface area contributed by atoms with Gasteiger partial charge in [0.1, 0.15) is 0 Å². The molecule has 0 aliphatic carbocycles. The first-order valence-corrected chi connectivity index (χ1v) is 10.9. The molecule has 2 atom stereocenters. The fraction of sp³-hybridized carbons (Fsp3) is 0.200. The Morgan fingerprint density at radius 3 is 2.61 bits per heavy atom. The summed E-state index contributed by atoms with van der Waals surface area (Å²) < 4.78 is 2.23. The Hall–Kier alpha value is -3.22. The van der Waals surface area contributed by atoms with Crippen LogP contribution in [0.15, 0.2) is 85.2 Å². The van der Waals surface area contributed by atoms with Gasteiger partial charge in [-0.25, -0.2) is 0 Å². The lowest BCUT2D eigenvalue weighted by Crippen LogP contribution is -2.31. The molecule has 1 fully saturated rings. The summed E-state index contributed by atoms with van der Waals surface area (Å²) in [6, 6.07) is 25.0. The highest BCUT2D eigenvalue weighted by Crippen LogP contribution is 2.39. The number of pyridine rings is 1. The lowest BCUT2D eigenvalue weighted by atomic mass is 10.0. The molecule has 5 nitrogen and oxygen atoms in total. The molecule has 3 heterocycles. The molecule has 0 saturated carbocycles. The second-order valence-electron chi connectivity index (χ2n) is 7.73. The van der Waals surface area contributed by atoms with E-state index >= 15 is 0 Å². The fourth-order valence-corrected chi connectivity index (χ4v) is 4.74. The normalized spacial score (nSPS) is 18.5. The molecule has 0 amide bonds. The number of aromatic nitrogens is 2. The van der Waals surface area contributed by atoms with Crippen LogP contribution in [0.2, 0.25) is 0 Å². The monoisotopic (exact) mass is 428 g/mol. The number of nitrogens with one attached hydrogen (secondary N) is 1. The molecule has 2 aromatic heterocycles. The van der Waals surface area contributed by atoms with Crippen molar-refractivity contribution in [1.82, 2.24) is 19.8 Å². The Morgan fingerprint density at radius 2 is 1.81 bits per heavy atom. The Morgan fingerprint density at radius 1 is 0.968 bits per heavy atom. The van der Waals surface area contributed by atoms with Crippen molar-refractivity contribution in [3.05, 3.63) is 96.6 Å². The van der Waals surface area contributed by atoms with Crippen molar-refractivity contribution in [3.8, 4) is 5.69 Å². The number of hydrogen-bond donors (Lipinski definition) is 2. The largest absolute Gasteiger partial charge is 0.396 e. The summed E-state index contributed by atoms with van der Waals surface area (Å²) in [7, 11) is 0. The molecule has 1 saturated heterocycles. The van der Waals surface area contributed by atoms with E-state index < -0.39 is 0 Å². The van der Waals surface area contributed by atoms with E-state index in [0.29, 0.717) is 18.1 Å². The molecule has 31 heavy (non-hydrogen) atoms. The van der Waals surface area contributed by atoms with Crippen LogP contribution in [0.1, 0.15) is 29.9 Å². The first kappa shape index (κ1) is 19.7. The molecular formula is C25H24N4OS. The van der Waals surface area contributed by atoms with Crippen LogP contribution in [0.4, 0.5) is 0 Å². The fourth-order valence-electron chi connectivity index (χ4n) is 4.41. The average Bonchev–Trinajstić information content (AvgIpc) is 3.42. The highest BCUT2D eigenvalue weighted by molar-refractivity contribution is 7.80. The van der Waals surface area contributed by atoms with Crippen LogP contribution < -0.4 is 5.32 Å². The number of aliphatic hydroxyl groups excluding tert-OH is 1. The molecule has 0 spiro atoms. The van der Waals surface area contributed by atoms with E-state index in [1.807, 2.05) is 24.4 Å². The van der Waals surface area contributed by atoms with Gasteiger partial charge in [-0.1, -0.05) is 36.4 Å². The van der Waals surface area contributed by atoms with Crippen molar-refractivity contribution in [2.45, 2.75) is 18.5 Å². The Labute approximate surface area is 187 Å². The number of hydrogen-bond acceptors (Lipinski definition) is 3. The third kappa shape index (κ3) is 3.69. The molecular weight excluding hydrogens is 404 g/mol. The van der Waals surface area contributed by atoms with Crippen LogP contribution in [0.5, 0.6) is 0 Å². The molecule has 0 bridgehead atoms. The van der Waals surface area contributed by atoms with Crippen molar-refractivity contribution in [3.63, 3.8) is 0 Å². The number of thiocarbonyl (C=S) groups is 1. The minimum atomic E-state index is -0.0681. The summed E-state index contributed by atoms with van der Waals surface area (Å²) in [5.74, 6) is 0. The van der Waals surface area contributed by atoms with Gasteiger partial charge in [-0.2, -0.15) is 0 Å². The zero-order valence-corrected chi connectivity index (χ0v) is 17.9. The topological polar surface area (TPSA) is 53.3 Å². The maximum atomic E-state index is 9.44. The maximum absolute atomic E-state index is 9.44. The van der Waals surface area contributed by atoms with Gasteiger partial charge in [0, 0.05) is 36.9 Å². The van der Waals surface area contributed by atoms with Crippen LogP contribution in [-0.2, 0) is 0 Å². The summed E-state index contributed by atoms with van der Waals surface area (Å²) in [6.45, 7) is 0.811. The molecule has 1 aliphatic rings. The molecule has 5 rings (SSSR count). The lowest BCUT2D eigenvalue weighted by Gasteiger charge is -2.28. The van der Waals surface area contributed by atoms with Gasteiger partial charge in [-0.3, -0.25) is 4.98 Å². The number of rotatable bonds is 6. The van der Waals surface area contributed by atoms with E-state index in [-0.39, 0.29) is 18.7 Å². The smallest absolute Gasteiger partial charge is 0.170 e. The summed E-state index contributed by atoms with van der Waals surface area (Å²) in [4.78, 5) is 6.78. The summed E-state index contributed by atoms with van der Waals surface area (Å²) in [6.07, 6.45) is 4.57. The lowest BCUT2D eigenvalue weighted by molar-refractivity contribution is 0.245. The quantitative estimate of drug-likeness (QED) is 0.447. The van der Waals surface area contributed by atoms with Gasteiger partial charge >= 0.3 is 0 Å². The minimum Gasteiger partial charge on any atom is -0.396 e. The molecule has 1 aliphatic heterocycles. The second-order valence-corrected chi connectivity index (χ2v) is 8.12. The number of nitrogens with zero attached hydrogens (tertiary/aromatic N) is 3. The van der Waals surface area contributed by atoms with Crippen LogP contribution in [0.25, 0.3) is 16.5 Å². The third-order valence-corrected chi connectivity index (χ3v) is 6.20. The molecule has 0 unspecified atom stereocenters. The maximum Gasteiger partial charge on any atom is 0.170 e. The van der Waals surface area contributed by atoms with E-state index in [2.05, 4.69) is 80.6 Å². The summed E-state index contributed by atoms with van der Waals surface area (Å²) in [5, 5.41) is 16.0. The predicted molar refractivity (Wildman–Crippen MR) is 127 cm³/mol. The van der Waals surface area contributed by atoms with Gasteiger partial charge in [0.25, 0.3) is 0 Å². The predicted octanol–water partition coefficient (Wildman–Crippen LogP) is 4.38. The van der Waals surface area contributed by atoms with Gasteiger partial charge in [0.15, 0.2) is 5.11 Å². The Balaban J connectivity index is 1.60. The number of aliphatic hydroxyl groups is 1. The zero-order chi connectivity index (χ0) is 21.2. The van der Waals surface area contributed by atoms with Crippen LogP contribution >= 0.6 is 12.2 Å². The Bertz CT molecular complexity index is 1210. The molecule has 6 heteroatoms. The molecule has 156 valence electrons. The van der Waals surface area contributed by atoms with Crippen molar-refractivity contribution in [2.75, 3.05) is 13.2 Å². The van der Waals surface area contributed by atoms with E-state index in [9.17, 15) is 5.11 Å². The Kier molecular flexibility index (Phi) is 5.40. The molecule has 2 aromatic carbocycles. The average molecular weight is 429 g/mol. The van der Waals surface area contributed by atoms with E-state index in [1.165, 1.54) is 10.8 Å². The van der Waals surface area contributed by atoms with Gasteiger partial charge < -0.3 is 19.9 Å². The first-order chi connectivity index (χ1) is 15.3. The minimum absolute atomic E-state index is 0.0320. The zero-order valence-electron chi connectivity index (χ0n) is 17.1. The van der Waals surface area contributed by atoms with Crippen LogP contribution in [0.3, 0.4) is 0 Å². The standard InChI is InChI=1S/C25H24N4OS/c30-16-6-15-29-24(23(27-25(29)31)21-9-3-4-13-26-21)22-10-5-14-28(22)20-12-11-18-7-1-2-8-19(18)17-20/h1-5,7-14,17,23-24,30H,6,15-16H2,(H,27,31)/t23-,24+/m1/s1. The van der Waals surface area contributed by atoms with Crippen molar-refractivity contribution in [2.24, 2.45) is 0 Å². The van der Waals surface area contributed by atoms with E-state index in [4.69, 9.17) is 12.2 Å². The van der Waals surface area contributed by atoms with Gasteiger partial charge in [-0.15, -0.1) is 0 Å². The summed E-state index contributed by atoms with van der Waals surface area (Å²) >= 11 is 5.70. The third-order valence-electron chi connectivity index (χ3n) is 5.85. The van der Waals surface area contributed by atoms with Gasteiger partial charge in [0.2, 0.25) is 0 Å². The molecule has 0 radical (unpaired) electrons. The van der Waals surface area contributed by atoms with Gasteiger partial charge in [-0.05, 0) is 65.8 Å². The van der Waals surface area contributed by atoms with Crippen LogP contribution in [-0.4, -0.2) is 37.8 Å². The van der Waals surface area contributed by atoms with E-state index in [0.717, 1.165) is 17.1 Å². The van der Waals surface area contributed by atoms with E-state index in [1.54, 1.807) is 0 Å². The molecule has 4 aromatic rings. The van der Waals surface area contributed by atoms with Gasteiger partial charge in [0.05, 0.1) is 17.8 Å². The number of benzene rings is 2. The molecule has 2 N–H and O–H groups in total. The van der Waals surface area contributed by atoms with Crippen molar-refractivity contribution in [1.29, 1.82) is 0 Å².